The molecule has 1 aliphatic heterocycles. The highest BCUT2D eigenvalue weighted by molar-refractivity contribution is 7.99. The van der Waals surface area contributed by atoms with Gasteiger partial charge in [-0.15, -0.1) is 0 Å². The molecule has 0 radical (unpaired) electrons. The molecule has 0 aliphatic carbocycles. The van der Waals surface area contributed by atoms with Gasteiger partial charge >= 0.3 is 0 Å². The summed E-state index contributed by atoms with van der Waals surface area (Å²) >= 11 is 1.43. The van der Waals surface area contributed by atoms with Gasteiger partial charge in [0.05, 0.1) is 22.9 Å². The minimum atomic E-state index is -0.0498. The molecule has 0 atom stereocenters. The molecule has 0 saturated carbocycles. The number of carbonyl (C=O) groups excluding carboxylic acids is 1. The number of hydrogen-bond acceptors (Lipinski definition) is 4. The maximum Gasteiger partial charge on any atom is 0.259 e. The fraction of sp³-hybridized carbons (Fsp3) is 0.133. The van der Waals surface area contributed by atoms with Gasteiger partial charge in [0.2, 0.25) is 0 Å². The summed E-state index contributed by atoms with van der Waals surface area (Å²) in [5.41, 5.74) is 1.99. The van der Waals surface area contributed by atoms with E-state index in [4.69, 9.17) is 5.26 Å². The maximum absolute atomic E-state index is 12.6. The molecule has 1 aliphatic rings. The Morgan fingerprint density at radius 2 is 2.25 bits per heavy atom. The first-order chi connectivity index (χ1) is 9.74. The third-order valence-corrected chi connectivity index (χ3v) is 4.22. The van der Waals surface area contributed by atoms with Crippen molar-refractivity contribution in [1.82, 2.24) is 4.98 Å². The standard InChI is InChI=1S/C15H11N3OS/c1-2-18-12-4-3-7-17-14(12)20-13-8-10(9-16)5-6-11(13)15(18)19/h3-8H,2H2,1H3. The molecular weight excluding hydrogens is 270 g/mol. The zero-order valence-electron chi connectivity index (χ0n) is 10.8. The molecule has 0 spiro atoms. The third-order valence-electron chi connectivity index (χ3n) is 3.15. The Kier molecular flexibility index (Phi) is 3.17. The van der Waals surface area contributed by atoms with Crippen molar-refractivity contribution >= 4 is 23.4 Å². The Hall–Kier alpha value is -2.32. The highest BCUT2D eigenvalue weighted by atomic mass is 32.2. The summed E-state index contributed by atoms with van der Waals surface area (Å²) in [6.45, 7) is 2.52. The second-order valence-corrected chi connectivity index (χ2v) is 5.33. The zero-order chi connectivity index (χ0) is 14.1. The number of nitrogens with zero attached hydrogens (tertiary/aromatic N) is 3. The molecule has 2 aromatic rings. The van der Waals surface area contributed by atoms with Gasteiger partial charge in [0.1, 0.15) is 5.03 Å². The van der Waals surface area contributed by atoms with Crippen LogP contribution in [0.3, 0.4) is 0 Å². The van der Waals surface area contributed by atoms with Crippen LogP contribution in [-0.4, -0.2) is 17.4 Å². The number of aromatic nitrogens is 1. The lowest BCUT2D eigenvalue weighted by molar-refractivity contribution is 0.0985. The van der Waals surface area contributed by atoms with Crippen LogP contribution < -0.4 is 4.90 Å². The first-order valence-corrected chi connectivity index (χ1v) is 7.05. The van der Waals surface area contributed by atoms with E-state index >= 15 is 0 Å². The van der Waals surface area contributed by atoms with Gasteiger partial charge in [-0.1, -0.05) is 11.8 Å². The van der Waals surface area contributed by atoms with Crippen LogP contribution in [-0.2, 0) is 0 Å². The van der Waals surface area contributed by atoms with E-state index in [9.17, 15) is 4.79 Å². The lowest BCUT2D eigenvalue weighted by atomic mass is 10.1. The second kappa shape index (κ2) is 4.99. The van der Waals surface area contributed by atoms with Crippen LogP contribution >= 0.6 is 11.8 Å². The van der Waals surface area contributed by atoms with Crippen molar-refractivity contribution in [2.45, 2.75) is 16.8 Å². The molecule has 0 fully saturated rings. The van der Waals surface area contributed by atoms with E-state index in [0.717, 1.165) is 15.6 Å². The third kappa shape index (κ3) is 1.95. The van der Waals surface area contributed by atoms with Crippen molar-refractivity contribution in [3.05, 3.63) is 47.7 Å². The number of pyridine rings is 1. The average Bonchev–Trinajstić information content (AvgIpc) is 2.60. The summed E-state index contributed by atoms with van der Waals surface area (Å²) in [7, 11) is 0. The first kappa shape index (κ1) is 12.7. The number of carbonyl (C=O) groups is 1. The number of amides is 1. The van der Waals surface area contributed by atoms with E-state index < -0.39 is 0 Å². The Labute approximate surface area is 121 Å². The molecule has 1 aromatic carbocycles. The lowest BCUT2D eigenvalue weighted by Gasteiger charge is -2.20. The maximum atomic E-state index is 12.6. The highest BCUT2D eigenvalue weighted by Crippen LogP contribution is 2.39. The van der Waals surface area contributed by atoms with Gasteiger partial charge in [0, 0.05) is 17.6 Å². The molecule has 5 heteroatoms. The van der Waals surface area contributed by atoms with Crippen LogP contribution in [0.2, 0.25) is 0 Å². The molecule has 3 rings (SSSR count). The SMILES string of the molecule is CCN1C(=O)c2ccc(C#N)cc2Sc2ncccc21. The predicted octanol–water partition coefficient (Wildman–Crippen LogP) is 3.08. The quantitative estimate of drug-likeness (QED) is 0.806. The van der Waals surface area contributed by atoms with Gasteiger partial charge < -0.3 is 4.90 Å². The Bertz CT molecular complexity index is 736. The van der Waals surface area contributed by atoms with Crippen LogP contribution in [0.5, 0.6) is 0 Å². The fourth-order valence-corrected chi connectivity index (χ4v) is 3.25. The average molecular weight is 281 g/mol. The van der Waals surface area contributed by atoms with Crippen molar-refractivity contribution < 1.29 is 4.79 Å². The topological polar surface area (TPSA) is 57.0 Å². The van der Waals surface area contributed by atoms with E-state index in [1.54, 1.807) is 29.3 Å². The molecular formula is C15H11N3OS. The van der Waals surface area contributed by atoms with E-state index in [-0.39, 0.29) is 5.91 Å². The summed E-state index contributed by atoms with van der Waals surface area (Å²) < 4.78 is 0. The highest BCUT2D eigenvalue weighted by Gasteiger charge is 2.26. The van der Waals surface area contributed by atoms with E-state index in [0.29, 0.717) is 17.7 Å². The van der Waals surface area contributed by atoms with Gasteiger partial charge in [-0.25, -0.2) is 4.98 Å². The van der Waals surface area contributed by atoms with Crippen molar-refractivity contribution in [3.8, 4) is 6.07 Å². The minimum absolute atomic E-state index is 0.0498. The molecule has 0 N–H and O–H groups in total. The van der Waals surface area contributed by atoms with E-state index in [1.165, 1.54) is 11.8 Å². The summed E-state index contributed by atoms with van der Waals surface area (Å²) in [6, 6.07) is 11.0. The summed E-state index contributed by atoms with van der Waals surface area (Å²) in [5, 5.41) is 9.79. The number of nitriles is 1. The van der Waals surface area contributed by atoms with Gasteiger partial charge in [-0.2, -0.15) is 5.26 Å². The van der Waals surface area contributed by atoms with Crippen molar-refractivity contribution in [3.63, 3.8) is 0 Å². The smallest absolute Gasteiger partial charge is 0.259 e. The monoisotopic (exact) mass is 281 g/mol. The van der Waals surface area contributed by atoms with Crippen molar-refractivity contribution in [2.75, 3.05) is 11.4 Å². The largest absolute Gasteiger partial charge is 0.306 e. The van der Waals surface area contributed by atoms with Crippen LogP contribution in [0.15, 0.2) is 46.5 Å². The first-order valence-electron chi connectivity index (χ1n) is 6.23. The molecule has 1 amide bonds. The van der Waals surface area contributed by atoms with Gasteiger partial charge in [0.15, 0.2) is 0 Å². The molecule has 98 valence electrons. The van der Waals surface area contributed by atoms with Crippen LogP contribution in [0.4, 0.5) is 5.69 Å². The summed E-state index contributed by atoms with van der Waals surface area (Å²) in [5.74, 6) is -0.0498. The molecule has 0 saturated heterocycles. The summed E-state index contributed by atoms with van der Waals surface area (Å²) in [6.07, 6.45) is 1.71. The summed E-state index contributed by atoms with van der Waals surface area (Å²) in [4.78, 5) is 19.5. The van der Waals surface area contributed by atoms with Crippen LogP contribution in [0, 0.1) is 11.3 Å². The van der Waals surface area contributed by atoms with Crippen LogP contribution in [0.25, 0.3) is 0 Å². The second-order valence-electron chi connectivity index (χ2n) is 4.30. The lowest BCUT2D eigenvalue weighted by Crippen LogP contribution is -2.30. The molecule has 2 heterocycles. The van der Waals surface area contributed by atoms with Gasteiger partial charge in [0.25, 0.3) is 5.91 Å². The Balaban J connectivity index is 2.23. The molecule has 4 nitrogen and oxygen atoms in total. The number of fused-ring (bicyclic) bond motifs is 2. The minimum Gasteiger partial charge on any atom is -0.306 e. The molecule has 0 unspecified atom stereocenters. The number of benzene rings is 1. The molecule has 20 heavy (non-hydrogen) atoms. The fourth-order valence-electron chi connectivity index (χ4n) is 2.19. The van der Waals surface area contributed by atoms with Crippen molar-refractivity contribution in [1.29, 1.82) is 5.26 Å². The normalized spacial score (nSPS) is 13.2. The Morgan fingerprint density at radius 1 is 1.40 bits per heavy atom. The zero-order valence-corrected chi connectivity index (χ0v) is 11.6. The Morgan fingerprint density at radius 3 is 3.00 bits per heavy atom. The predicted molar refractivity (Wildman–Crippen MR) is 76.9 cm³/mol. The van der Waals surface area contributed by atoms with Crippen molar-refractivity contribution in [2.24, 2.45) is 0 Å². The van der Waals surface area contributed by atoms with E-state index in [1.807, 2.05) is 19.1 Å². The van der Waals surface area contributed by atoms with Gasteiger partial charge in [-0.3, -0.25) is 4.79 Å². The molecule has 1 aromatic heterocycles. The van der Waals surface area contributed by atoms with Crippen LogP contribution in [0.1, 0.15) is 22.8 Å². The molecule has 0 bridgehead atoms. The number of anilines is 1. The number of hydrogen-bond donors (Lipinski definition) is 0. The van der Waals surface area contributed by atoms with Gasteiger partial charge in [-0.05, 0) is 37.3 Å². The number of rotatable bonds is 1. The van der Waals surface area contributed by atoms with E-state index in [2.05, 4.69) is 11.1 Å².